The second-order valence-electron chi connectivity index (χ2n) is 6.72. The number of sulfonamides is 1. The predicted molar refractivity (Wildman–Crippen MR) is 97.4 cm³/mol. The zero-order valence-electron chi connectivity index (χ0n) is 15.8. The molecule has 2 N–H and O–H groups in total. The minimum Gasteiger partial charge on any atom is -0.497 e. The Hall–Kier alpha value is -1.92. The van der Waals surface area contributed by atoms with Gasteiger partial charge in [0.25, 0.3) is 5.91 Å². The Morgan fingerprint density at radius 3 is 2.48 bits per heavy atom. The molecule has 1 heterocycles. The standard InChI is InChI=1S/C17H23F4N3O4S/c1-28-15-9-13(8-14(18)10-15)16(25)22-11-12-2-5-24(6-3-12)7-4-23-29(26,27)17(19,20)21/h8-10,12,23H,2-7,11H2,1H3,(H,22,25). The van der Waals surface area contributed by atoms with E-state index in [0.29, 0.717) is 32.5 Å². The highest BCUT2D eigenvalue weighted by Gasteiger charge is 2.45. The summed E-state index contributed by atoms with van der Waals surface area (Å²) < 4.78 is 78.6. The summed E-state index contributed by atoms with van der Waals surface area (Å²) in [6, 6.07) is 3.72. The molecule has 1 aliphatic heterocycles. The maximum Gasteiger partial charge on any atom is 0.511 e. The highest BCUT2D eigenvalue weighted by Crippen LogP contribution is 2.21. The Kier molecular flexibility index (Phi) is 7.83. The van der Waals surface area contributed by atoms with Crippen molar-refractivity contribution in [1.29, 1.82) is 0 Å². The molecule has 0 atom stereocenters. The average molecular weight is 441 g/mol. The zero-order valence-corrected chi connectivity index (χ0v) is 16.6. The number of nitrogens with one attached hydrogen (secondary N) is 2. The van der Waals surface area contributed by atoms with Gasteiger partial charge in [0, 0.05) is 31.3 Å². The smallest absolute Gasteiger partial charge is 0.497 e. The van der Waals surface area contributed by atoms with Gasteiger partial charge in [-0.3, -0.25) is 4.79 Å². The van der Waals surface area contributed by atoms with Crippen LogP contribution in [0.4, 0.5) is 17.6 Å². The first-order chi connectivity index (χ1) is 13.5. The fourth-order valence-electron chi connectivity index (χ4n) is 2.98. The van der Waals surface area contributed by atoms with E-state index in [1.54, 1.807) is 0 Å². The van der Waals surface area contributed by atoms with Crippen molar-refractivity contribution in [2.75, 3.05) is 39.8 Å². The number of piperidine rings is 1. The van der Waals surface area contributed by atoms with E-state index in [9.17, 15) is 30.8 Å². The topological polar surface area (TPSA) is 87.7 Å². The van der Waals surface area contributed by atoms with Crippen LogP contribution in [0.5, 0.6) is 5.75 Å². The molecule has 1 aliphatic rings. The lowest BCUT2D eigenvalue weighted by atomic mass is 9.96. The second kappa shape index (κ2) is 9.72. The van der Waals surface area contributed by atoms with Gasteiger partial charge in [-0.2, -0.15) is 13.2 Å². The number of carbonyl (C=O) groups is 1. The first-order valence-electron chi connectivity index (χ1n) is 8.93. The lowest BCUT2D eigenvalue weighted by Crippen LogP contribution is -2.44. The van der Waals surface area contributed by atoms with Crippen LogP contribution in [0.3, 0.4) is 0 Å². The molecule has 0 bridgehead atoms. The van der Waals surface area contributed by atoms with Crippen molar-refractivity contribution in [2.24, 2.45) is 5.92 Å². The number of likely N-dealkylation sites (tertiary alicyclic amines) is 1. The fourth-order valence-corrected chi connectivity index (χ4v) is 3.51. The summed E-state index contributed by atoms with van der Waals surface area (Å²) in [4.78, 5) is 14.0. The van der Waals surface area contributed by atoms with Crippen molar-refractivity contribution in [2.45, 2.75) is 18.3 Å². The van der Waals surface area contributed by atoms with Crippen molar-refractivity contribution in [3.8, 4) is 5.75 Å². The van der Waals surface area contributed by atoms with Crippen LogP contribution in [0.25, 0.3) is 0 Å². The highest BCUT2D eigenvalue weighted by molar-refractivity contribution is 7.90. The van der Waals surface area contributed by atoms with Crippen LogP contribution in [-0.4, -0.2) is 64.6 Å². The van der Waals surface area contributed by atoms with Gasteiger partial charge in [0.2, 0.25) is 0 Å². The van der Waals surface area contributed by atoms with Gasteiger partial charge in [-0.15, -0.1) is 0 Å². The monoisotopic (exact) mass is 441 g/mol. The summed E-state index contributed by atoms with van der Waals surface area (Å²) in [7, 11) is -3.95. The number of hydrogen-bond donors (Lipinski definition) is 2. The van der Waals surface area contributed by atoms with Gasteiger partial charge in [0.1, 0.15) is 11.6 Å². The van der Waals surface area contributed by atoms with Gasteiger partial charge in [0.15, 0.2) is 0 Å². The number of hydrogen-bond acceptors (Lipinski definition) is 5. The van der Waals surface area contributed by atoms with Crippen molar-refractivity contribution < 1.29 is 35.5 Å². The van der Waals surface area contributed by atoms with Crippen molar-refractivity contribution >= 4 is 15.9 Å². The van der Waals surface area contributed by atoms with Gasteiger partial charge in [-0.1, -0.05) is 0 Å². The van der Waals surface area contributed by atoms with Gasteiger partial charge in [-0.05, 0) is 44.0 Å². The number of halogens is 4. The first-order valence-corrected chi connectivity index (χ1v) is 10.4. The Morgan fingerprint density at radius 2 is 1.90 bits per heavy atom. The number of alkyl halides is 3. The summed E-state index contributed by atoms with van der Waals surface area (Å²) in [5.74, 6) is -0.599. The van der Waals surface area contributed by atoms with Crippen molar-refractivity contribution in [3.05, 3.63) is 29.6 Å². The van der Waals surface area contributed by atoms with E-state index in [-0.39, 0.29) is 30.3 Å². The number of nitrogens with zero attached hydrogens (tertiary/aromatic N) is 1. The molecule has 0 saturated carbocycles. The van der Waals surface area contributed by atoms with Gasteiger partial charge >= 0.3 is 15.5 Å². The van der Waals surface area contributed by atoms with E-state index < -0.39 is 27.3 Å². The molecule has 29 heavy (non-hydrogen) atoms. The van der Waals surface area contributed by atoms with Crippen LogP contribution in [0.2, 0.25) is 0 Å². The molecule has 0 aliphatic carbocycles. The molecule has 1 saturated heterocycles. The number of methoxy groups -OCH3 is 1. The molecule has 1 aromatic rings. The van der Waals surface area contributed by atoms with Crippen LogP contribution in [0.15, 0.2) is 18.2 Å². The normalized spacial score (nSPS) is 16.6. The number of amides is 1. The van der Waals surface area contributed by atoms with Crippen LogP contribution in [0, 0.1) is 11.7 Å². The Morgan fingerprint density at radius 1 is 1.24 bits per heavy atom. The third kappa shape index (κ3) is 6.82. The molecular weight excluding hydrogens is 418 g/mol. The lowest BCUT2D eigenvalue weighted by molar-refractivity contribution is -0.0448. The number of ether oxygens (including phenoxy) is 1. The maximum atomic E-state index is 13.5. The molecule has 164 valence electrons. The number of rotatable bonds is 8. The minimum atomic E-state index is -5.32. The van der Waals surface area contributed by atoms with E-state index in [0.717, 1.165) is 6.07 Å². The van der Waals surface area contributed by atoms with E-state index in [4.69, 9.17) is 4.74 Å². The molecule has 1 amide bonds. The largest absolute Gasteiger partial charge is 0.511 e. The molecule has 0 aromatic heterocycles. The molecule has 2 rings (SSSR count). The molecule has 12 heteroatoms. The van der Waals surface area contributed by atoms with Crippen molar-refractivity contribution in [3.63, 3.8) is 0 Å². The van der Waals surface area contributed by atoms with E-state index in [2.05, 4.69) is 5.32 Å². The highest BCUT2D eigenvalue weighted by atomic mass is 32.2. The van der Waals surface area contributed by atoms with Crippen molar-refractivity contribution in [1.82, 2.24) is 14.9 Å². The average Bonchev–Trinajstić information content (AvgIpc) is 2.65. The second-order valence-corrected chi connectivity index (χ2v) is 8.48. The predicted octanol–water partition coefficient (Wildman–Crippen LogP) is 1.72. The number of carbonyl (C=O) groups excluding carboxylic acids is 1. The Bertz CT molecular complexity index is 809. The molecule has 0 unspecified atom stereocenters. The third-order valence-corrected chi connectivity index (χ3v) is 5.85. The minimum absolute atomic E-state index is 0.149. The van der Waals surface area contributed by atoms with Gasteiger partial charge in [0.05, 0.1) is 7.11 Å². The van der Waals surface area contributed by atoms with Crippen LogP contribution in [0.1, 0.15) is 23.2 Å². The summed E-state index contributed by atoms with van der Waals surface area (Å²) in [5, 5.41) is 2.75. The van der Waals surface area contributed by atoms with E-state index in [1.165, 1.54) is 24.0 Å². The summed E-state index contributed by atoms with van der Waals surface area (Å²) >= 11 is 0. The molecule has 1 fully saturated rings. The first kappa shape index (κ1) is 23.4. The fraction of sp³-hybridized carbons (Fsp3) is 0.588. The number of benzene rings is 1. The molecule has 7 nitrogen and oxygen atoms in total. The summed E-state index contributed by atoms with van der Waals surface area (Å²) in [6.45, 7) is 1.36. The summed E-state index contributed by atoms with van der Waals surface area (Å²) in [5.41, 5.74) is -5.17. The third-order valence-electron chi connectivity index (χ3n) is 4.65. The SMILES string of the molecule is COc1cc(F)cc(C(=O)NCC2CCN(CCNS(=O)(=O)C(F)(F)F)CC2)c1. The Labute approximate surface area is 166 Å². The molecule has 0 radical (unpaired) electrons. The maximum absolute atomic E-state index is 13.5. The quantitative estimate of drug-likeness (QED) is 0.600. The molecule has 0 spiro atoms. The van der Waals surface area contributed by atoms with Crippen LogP contribution >= 0.6 is 0 Å². The Balaban J connectivity index is 1.72. The summed E-state index contributed by atoms with van der Waals surface area (Å²) in [6.07, 6.45) is 1.39. The van der Waals surface area contributed by atoms with E-state index in [1.807, 2.05) is 4.90 Å². The molecular formula is C17H23F4N3O4S. The van der Waals surface area contributed by atoms with E-state index >= 15 is 0 Å². The van der Waals surface area contributed by atoms with Crippen LogP contribution < -0.4 is 14.8 Å². The molecule has 1 aromatic carbocycles. The lowest BCUT2D eigenvalue weighted by Gasteiger charge is -2.32. The van der Waals surface area contributed by atoms with Gasteiger partial charge < -0.3 is 15.0 Å². The van der Waals surface area contributed by atoms with Gasteiger partial charge in [-0.25, -0.2) is 17.5 Å². The van der Waals surface area contributed by atoms with Crippen LogP contribution in [-0.2, 0) is 10.0 Å². The zero-order chi connectivity index (χ0) is 21.7.